The van der Waals surface area contributed by atoms with Crippen molar-refractivity contribution in [3.05, 3.63) is 65.2 Å². The molecule has 0 atom stereocenters. The van der Waals surface area contributed by atoms with Crippen molar-refractivity contribution in [3.8, 4) is 0 Å². The summed E-state index contributed by atoms with van der Waals surface area (Å²) >= 11 is 0. The second-order valence-corrected chi connectivity index (χ2v) is 5.14. The first kappa shape index (κ1) is 17.8. The minimum atomic E-state index is -4.42. The molecule has 0 spiro atoms. The molecule has 1 amide bonds. The summed E-state index contributed by atoms with van der Waals surface area (Å²) in [5.41, 5.74) is 0.941. The Morgan fingerprint density at radius 2 is 1.75 bits per heavy atom. The van der Waals surface area contributed by atoms with Gasteiger partial charge >= 0.3 is 6.18 Å². The molecular weight excluding hydrogens is 321 g/mol. The number of anilines is 1. The lowest BCUT2D eigenvalue weighted by atomic mass is 10.1. The first-order valence-electron chi connectivity index (χ1n) is 7.25. The lowest BCUT2D eigenvalue weighted by Crippen LogP contribution is -2.29. The summed E-state index contributed by atoms with van der Waals surface area (Å²) in [6.07, 6.45) is -4.42. The van der Waals surface area contributed by atoms with Crippen molar-refractivity contribution >= 4 is 11.6 Å². The molecule has 4 nitrogen and oxygen atoms in total. The second kappa shape index (κ2) is 7.83. The largest absolute Gasteiger partial charge is 0.416 e. The fraction of sp³-hybridized carbons (Fsp3) is 0.235. The molecule has 0 aliphatic heterocycles. The highest BCUT2D eigenvalue weighted by Gasteiger charge is 2.30. The zero-order valence-electron chi connectivity index (χ0n) is 12.7. The molecule has 0 aliphatic rings. The summed E-state index contributed by atoms with van der Waals surface area (Å²) in [6, 6.07) is 11.8. The molecule has 2 aromatic carbocycles. The maximum absolute atomic E-state index is 12.6. The first-order chi connectivity index (χ1) is 11.4. The fourth-order valence-corrected chi connectivity index (χ4v) is 2.13. The minimum absolute atomic E-state index is 0.130. The van der Waals surface area contributed by atoms with Crippen molar-refractivity contribution in [2.75, 3.05) is 11.9 Å². The number of hydrogen-bond donors (Lipinski definition) is 3. The monoisotopic (exact) mass is 338 g/mol. The molecule has 0 radical (unpaired) electrons. The number of carbonyl (C=O) groups is 1. The SMILES string of the molecule is O=C(CNc1cccc(C(F)(F)F)c1)NCc1ccccc1CO. The number of amides is 1. The van der Waals surface area contributed by atoms with Gasteiger partial charge in [0, 0.05) is 12.2 Å². The third-order valence-corrected chi connectivity index (χ3v) is 3.41. The predicted molar refractivity (Wildman–Crippen MR) is 84.1 cm³/mol. The van der Waals surface area contributed by atoms with Crippen molar-refractivity contribution in [1.29, 1.82) is 0 Å². The van der Waals surface area contributed by atoms with E-state index in [-0.39, 0.29) is 31.3 Å². The Balaban J connectivity index is 1.87. The first-order valence-corrected chi connectivity index (χ1v) is 7.25. The Kier molecular flexibility index (Phi) is 5.81. The van der Waals surface area contributed by atoms with Gasteiger partial charge in [0.1, 0.15) is 0 Å². The summed E-state index contributed by atoms with van der Waals surface area (Å²) in [6.45, 7) is -0.0447. The molecule has 3 N–H and O–H groups in total. The number of nitrogens with one attached hydrogen (secondary N) is 2. The van der Waals surface area contributed by atoms with Gasteiger partial charge in [-0.2, -0.15) is 13.2 Å². The van der Waals surface area contributed by atoms with E-state index >= 15 is 0 Å². The molecule has 0 aromatic heterocycles. The molecule has 128 valence electrons. The van der Waals surface area contributed by atoms with Crippen LogP contribution in [0.4, 0.5) is 18.9 Å². The third-order valence-electron chi connectivity index (χ3n) is 3.41. The molecule has 0 fully saturated rings. The Morgan fingerprint density at radius 1 is 1.04 bits per heavy atom. The molecule has 0 bridgehead atoms. The Bertz CT molecular complexity index is 702. The molecule has 2 aromatic rings. The van der Waals surface area contributed by atoms with Crippen LogP contribution in [0.2, 0.25) is 0 Å². The van der Waals surface area contributed by atoms with Crippen LogP contribution in [0.5, 0.6) is 0 Å². The third kappa shape index (κ3) is 4.99. The van der Waals surface area contributed by atoms with Gasteiger partial charge in [-0.3, -0.25) is 4.79 Å². The number of hydrogen-bond acceptors (Lipinski definition) is 3. The van der Waals surface area contributed by atoms with E-state index in [0.29, 0.717) is 5.56 Å². The number of benzene rings is 2. The van der Waals surface area contributed by atoms with E-state index in [1.54, 1.807) is 24.3 Å². The zero-order chi connectivity index (χ0) is 17.6. The Morgan fingerprint density at radius 3 is 2.42 bits per heavy atom. The summed E-state index contributed by atoms with van der Waals surface area (Å²) in [5, 5.41) is 14.5. The van der Waals surface area contributed by atoms with Crippen LogP contribution >= 0.6 is 0 Å². The summed E-state index contributed by atoms with van der Waals surface area (Å²) in [7, 11) is 0. The highest BCUT2D eigenvalue weighted by Crippen LogP contribution is 2.30. The number of halogens is 3. The van der Waals surface area contributed by atoms with Crippen molar-refractivity contribution in [2.45, 2.75) is 19.3 Å². The number of aliphatic hydroxyl groups excluding tert-OH is 1. The number of carbonyl (C=O) groups excluding carboxylic acids is 1. The average molecular weight is 338 g/mol. The van der Waals surface area contributed by atoms with Crippen LogP contribution in [-0.4, -0.2) is 17.6 Å². The van der Waals surface area contributed by atoms with Gasteiger partial charge < -0.3 is 15.7 Å². The highest BCUT2D eigenvalue weighted by atomic mass is 19.4. The van der Waals surface area contributed by atoms with Crippen LogP contribution in [-0.2, 0) is 24.1 Å². The van der Waals surface area contributed by atoms with Crippen LogP contribution < -0.4 is 10.6 Å². The maximum Gasteiger partial charge on any atom is 0.416 e. The Hall–Kier alpha value is -2.54. The van der Waals surface area contributed by atoms with Gasteiger partial charge in [0.2, 0.25) is 5.91 Å². The molecule has 0 heterocycles. The molecule has 0 aliphatic carbocycles. The molecule has 7 heteroatoms. The van der Waals surface area contributed by atoms with E-state index in [1.165, 1.54) is 12.1 Å². The van der Waals surface area contributed by atoms with Crippen LogP contribution in [0.15, 0.2) is 48.5 Å². The highest BCUT2D eigenvalue weighted by molar-refractivity contribution is 5.80. The zero-order valence-corrected chi connectivity index (χ0v) is 12.7. The maximum atomic E-state index is 12.6. The fourth-order valence-electron chi connectivity index (χ4n) is 2.13. The number of alkyl halides is 3. The molecule has 0 unspecified atom stereocenters. The van der Waals surface area contributed by atoms with E-state index in [1.807, 2.05) is 0 Å². The number of rotatable bonds is 6. The van der Waals surface area contributed by atoms with Gasteiger partial charge in [0.05, 0.1) is 18.7 Å². The second-order valence-electron chi connectivity index (χ2n) is 5.14. The van der Waals surface area contributed by atoms with Gasteiger partial charge in [-0.25, -0.2) is 0 Å². The van der Waals surface area contributed by atoms with E-state index in [2.05, 4.69) is 10.6 Å². The lowest BCUT2D eigenvalue weighted by molar-refractivity contribution is -0.137. The van der Waals surface area contributed by atoms with E-state index in [0.717, 1.165) is 17.7 Å². The molecule has 24 heavy (non-hydrogen) atoms. The van der Waals surface area contributed by atoms with E-state index in [9.17, 15) is 23.1 Å². The summed E-state index contributed by atoms with van der Waals surface area (Å²) in [5.74, 6) is -0.361. The van der Waals surface area contributed by atoms with Crippen LogP contribution in [0.1, 0.15) is 16.7 Å². The van der Waals surface area contributed by atoms with Gasteiger partial charge in [-0.15, -0.1) is 0 Å². The standard InChI is InChI=1S/C17H17F3N2O2/c18-17(19,20)14-6-3-7-15(8-14)21-10-16(24)22-9-12-4-1-2-5-13(12)11-23/h1-8,21,23H,9-11H2,(H,22,24). The molecule has 0 saturated carbocycles. The van der Waals surface area contributed by atoms with Crippen LogP contribution in [0, 0.1) is 0 Å². The van der Waals surface area contributed by atoms with Crippen molar-refractivity contribution in [1.82, 2.24) is 5.32 Å². The topological polar surface area (TPSA) is 61.4 Å². The van der Waals surface area contributed by atoms with Gasteiger partial charge in [0.25, 0.3) is 0 Å². The Labute approximate surface area is 137 Å². The van der Waals surface area contributed by atoms with Crippen molar-refractivity contribution < 1.29 is 23.1 Å². The number of aliphatic hydroxyl groups is 1. The normalized spacial score (nSPS) is 11.2. The van der Waals surface area contributed by atoms with Crippen LogP contribution in [0.3, 0.4) is 0 Å². The van der Waals surface area contributed by atoms with E-state index in [4.69, 9.17) is 0 Å². The van der Waals surface area contributed by atoms with Crippen molar-refractivity contribution in [3.63, 3.8) is 0 Å². The smallest absolute Gasteiger partial charge is 0.392 e. The van der Waals surface area contributed by atoms with Gasteiger partial charge in [-0.05, 0) is 29.3 Å². The quantitative estimate of drug-likeness (QED) is 0.759. The van der Waals surface area contributed by atoms with Crippen LogP contribution in [0.25, 0.3) is 0 Å². The predicted octanol–water partition coefficient (Wildman–Crippen LogP) is 2.93. The van der Waals surface area contributed by atoms with Gasteiger partial charge in [0.15, 0.2) is 0 Å². The lowest BCUT2D eigenvalue weighted by Gasteiger charge is -2.12. The molecule has 2 rings (SSSR count). The van der Waals surface area contributed by atoms with Gasteiger partial charge in [-0.1, -0.05) is 30.3 Å². The molecule has 0 saturated heterocycles. The minimum Gasteiger partial charge on any atom is -0.392 e. The summed E-state index contributed by atoms with van der Waals surface area (Å²) < 4.78 is 37.9. The van der Waals surface area contributed by atoms with Crippen molar-refractivity contribution in [2.24, 2.45) is 0 Å². The summed E-state index contributed by atoms with van der Waals surface area (Å²) in [4.78, 5) is 11.8. The molecular formula is C17H17F3N2O2. The average Bonchev–Trinajstić information content (AvgIpc) is 2.58. The van der Waals surface area contributed by atoms with E-state index < -0.39 is 11.7 Å².